The van der Waals surface area contributed by atoms with E-state index in [1.807, 2.05) is 0 Å². The van der Waals surface area contributed by atoms with Crippen molar-refractivity contribution in [1.29, 1.82) is 0 Å². The van der Waals surface area contributed by atoms with Crippen LogP contribution in [0.2, 0.25) is 0 Å². The molecule has 19 heavy (non-hydrogen) atoms. The lowest BCUT2D eigenvalue weighted by atomic mass is 10.1. The van der Waals surface area contributed by atoms with Gasteiger partial charge in [0.25, 0.3) is 5.91 Å². The van der Waals surface area contributed by atoms with Crippen molar-refractivity contribution >= 4 is 11.6 Å². The summed E-state index contributed by atoms with van der Waals surface area (Å²) in [6.07, 6.45) is 0. The summed E-state index contributed by atoms with van der Waals surface area (Å²) in [5.74, 6) is -1.80. The molecule has 0 heterocycles. The molecule has 0 aliphatic carbocycles. The number of amides is 1. The monoisotopic (exact) mass is 261 g/mol. The van der Waals surface area contributed by atoms with Crippen molar-refractivity contribution in [2.75, 3.05) is 5.32 Å². The van der Waals surface area contributed by atoms with E-state index in [0.717, 1.165) is 5.56 Å². The summed E-state index contributed by atoms with van der Waals surface area (Å²) in [6.45, 7) is 3.35. The molecule has 2 aromatic carbocycles. The molecule has 98 valence electrons. The molecular formula is C15H13F2NO. The predicted octanol–water partition coefficient (Wildman–Crippen LogP) is 3.83. The number of benzene rings is 2. The highest BCUT2D eigenvalue weighted by Gasteiger charge is 2.14. The van der Waals surface area contributed by atoms with Crippen LogP contribution in [-0.2, 0) is 0 Å². The lowest BCUT2D eigenvalue weighted by molar-refractivity contribution is 0.102. The fourth-order valence-electron chi connectivity index (χ4n) is 1.75. The molecule has 0 unspecified atom stereocenters. The molecule has 0 fully saturated rings. The second-order valence-electron chi connectivity index (χ2n) is 4.37. The van der Waals surface area contributed by atoms with Crippen LogP contribution in [-0.4, -0.2) is 5.91 Å². The minimum absolute atomic E-state index is 0.0471. The largest absolute Gasteiger partial charge is 0.319 e. The van der Waals surface area contributed by atoms with Crippen LogP contribution >= 0.6 is 0 Å². The normalized spacial score (nSPS) is 10.3. The zero-order valence-electron chi connectivity index (χ0n) is 10.6. The van der Waals surface area contributed by atoms with Gasteiger partial charge in [0.2, 0.25) is 0 Å². The van der Waals surface area contributed by atoms with Crippen LogP contribution < -0.4 is 5.32 Å². The maximum absolute atomic E-state index is 13.8. The first-order valence-corrected chi connectivity index (χ1v) is 5.81. The van der Waals surface area contributed by atoms with Gasteiger partial charge < -0.3 is 5.32 Å². The minimum Gasteiger partial charge on any atom is -0.319 e. The molecule has 0 aromatic heterocycles. The molecule has 2 nitrogen and oxygen atoms in total. The summed E-state index contributed by atoms with van der Waals surface area (Å²) >= 11 is 0. The maximum Gasteiger partial charge on any atom is 0.258 e. The Kier molecular flexibility index (Phi) is 3.60. The molecule has 0 aliphatic rings. The summed E-state index contributed by atoms with van der Waals surface area (Å²) < 4.78 is 27.3. The molecule has 0 saturated carbocycles. The Labute approximate surface area is 110 Å². The number of anilines is 1. The van der Waals surface area contributed by atoms with E-state index in [0.29, 0.717) is 5.56 Å². The topological polar surface area (TPSA) is 29.1 Å². The Morgan fingerprint density at radius 1 is 1.11 bits per heavy atom. The number of carbonyl (C=O) groups excluding carboxylic acids is 1. The predicted molar refractivity (Wildman–Crippen MR) is 70.2 cm³/mol. The van der Waals surface area contributed by atoms with Gasteiger partial charge >= 0.3 is 0 Å². The lowest BCUT2D eigenvalue weighted by Gasteiger charge is -2.09. The zero-order chi connectivity index (χ0) is 14.0. The highest BCUT2D eigenvalue weighted by Crippen LogP contribution is 2.18. The highest BCUT2D eigenvalue weighted by molar-refractivity contribution is 6.04. The van der Waals surface area contributed by atoms with E-state index in [2.05, 4.69) is 5.32 Å². The highest BCUT2D eigenvalue weighted by atomic mass is 19.1. The van der Waals surface area contributed by atoms with Crippen molar-refractivity contribution < 1.29 is 13.6 Å². The van der Waals surface area contributed by atoms with Gasteiger partial charge in [0.15, 0.2) is 0 Å². The standard InChI is InChI=1S/C15H13F2NO/c1-9-6-7-12(16)13(8-9)18-15(19)11-5-3-4-10(2)14(11)17/h3-8H,1-2H3,(H,18,19). The smallest absolute Gasteiger partial charge is 0.258 e. The summed E-state index contributed by atoms with van der Waals surface area (Å²) in [4.78, 5) is 11.9. The summed E-state index contributed by atoms with van der Waals surface area (Å²) in [6, 6.07) is 8.88. The minimum atomic E-state index is -0.661. The van der Waals surface area contributed by atoms with E-state index in [-0.39, 0.29) is 11.3 Å². The number of nitrogens with one attached hydrogen (secondary N) is 1. The molecule has 0 saturated heterocycles. The number of carbonyl (C=O) groups is 1. The summed E-state index contributed by atoms with van der Waals surface area (Å²) in [5.41, 5.74) is 1.13. The van der Waals surface area contributed by atoms with Gasteiger partial charge in [-0.05, 0) is 43.2 Å². The van der Waals surface area contributed by atoms with Crippen molar-refractivity contribution in [2.24, 2.45) is 0 Å². The van der Waals surface area contributed by atoms with E-state index < -0.39 is 17.5 Å². The fraction of sp³-hybridized carbons (Fsp3) is 0.133. The molecule has 0 aliphatic heterocycles. The van der Waals surface area contributed by atoms with E-state index in [4.69, 9.17) is 0 Å². The molecule has 0 bridgehead atoms. The van der Waals surface area contributed by atoms with Gasteiger partial charge in [0.1, 0.15) is 11.6 Å². The second kappa shape index (κ2) is 5.18. The molecule has 0 atom stereocenters. The number of hydrogen-bond acceptors (Lipinski definition) is 1. The van der Waals surface area contributed by atoms with Gasteiger partial charge in [0.05, 0.1) is 11.3 Å². The van der Waals surface area contributed by atoms with Crippen LogP contribution in [0.25, 0.3) is 0 Å². The molecule has 1 amide bonds. The van der Waals surface area contributed by atoms with Gasteiger partial charge in [-0.25, -0.2) is 8.78 Å². The van der Waals surface area contributed by atoms with Crippen LogP contribution in [0, 0.1) is 25.5 Å². The SMILES string of the molecule is Cc1ccc(F)c(NC(=O)c2cccc(C)c2F)c1. The Bertz CT molecular complexity index is 638. The van der Waals surface area contributed by atoms with Crippen LogP contribution in [0.5, 0.6) is 0 Å². The van der Waals surface area contributed by atoms with Gasteiger partial charge in [-0.2, -0.15) is 0 Å². The van der Waals surface area contributed by atoms with Crippen molar-refractivity contribution in [3.05, 3.63) is 64.7 Å². The van der Waals surface area contributed by atoms with Crippen LogP contribution in [0.15, 0.2) is 36.4 Å². The molecule has 2 rings (SSSR count). The van der Waals surface area contributed by atoms with E-state index in [1.54, 1.807) is 32.0 Å². The second-order valence-corrected chi connectivity index (χ2v) is 4.37. The van der Waals surface area contributed by atoms with Crippen molar-refractivity contribution in [1.82, 2.24) is 0 Å². The first-order chi connectivity index (χ1) is 8.99. The Balaban J connectivity index is 2.31. The van der Waals surface area contributed by atoms with Gasteiger partial charge in [-0.3, -0.25) is 4.79 Å². The Hall–Kier alpha value is -2.23. The Morgan fingerprint density at radius 2 is 1.84 bits per heavy atom. The third-order valence-electron chi connectivity index (χ3n) is 2.81. The molecule has 0 spiro atoms. The molecular weight excluding hydrogens is 248 g/mol. The van der Waals surface area contributed by atoms with Crippen molar-refractivity contribution in [2.45, 2.75) is 13.8 Å². The van der Waals surface area contributed by atoms with Crippen LogP contribution in [0.4, 0.5) is 14.5 Å². The average molecular weight is 261 g/mol. The number of aryl methyl sites for hydroxylation is 2. The van der Waals surface area contributed by atoms with Gasteiger partial charge in [0, 0.05) is 0 Å². The quantitative estimate of drug-likeness (QED) is 0.874. The molecule has 0 radical (unpaired) electrons. The van der Waals surface area contributed by atoms with Gasteiger partial charge in [-0.1, -0.05) is 18.2 Å². The van der Waals surface area contributed by atoms with E-state index in [9.17, 15) is 13.6 Å². The van der Waals surface area contributed by atoms with Crippen LogP contribution in [0.1, 0.15) is 21.5 Å². The molecule has 1 N–H and O–H groups in total. The first kappa shape index (κ1) is 13.2. The van der Waals surface area contributed by atoms with Gasteiger partial charge in [-0.15, -0.1) is 0 Å². The van der Waals surface area contributed by atoms with Crippen LogP contribution in [0.3, 0.4) is 0 Å². The average Bonchev–Trinajstić information content (AvgIpc) is 2.37. The molecule has 2 aromatic rings. The number of rotatable bonds is 2. The first-order valence-electron chi connectivity index (χ1n) is 5.81. The third-order valence-corrected chi connectivity index (χ3v) is 2.81. The lowest BCUT2D eigenvalue weighted by Crippen LogP contribution is -2.15. The fourth-order valence-corrected chi connectivity index (χ4v) is 1.75. The molecule has 4 heteroatoms. The van der Waals surface area contributed by atoms with E-state index >= 15 is 0 Å². The zero-order valence-corrected chi connectivity index (χ0v) is 10.6. The summed E-state index contributed by atoms with van der Waals surface area (Å²) in [5, 5.41) is 2.38. The van der Waals surface area contributed by atoms with Crippen molar-refractivity contribution in [3.63, 3.8) is 0 Å². The third kappa shape index (κ3) is 2.78. The summed E-state index contributed by atoms with van der Waals surface area (Å²) in [7, 11) is 0. The number of hydrogen-bond donors (Lipinski definition) is 1. The number of halogens is 2. The van der Waals surface area contributed by atoms with E-state index in [1.165, 1.54) is 18.2 Å². The maximum atomic E-state index is 13.8. The Morgan fingerprint density at radius 3 is 2.58 bits per heavy atom. The van der Waals surface area contributed by atoms with Crippen molar-refractivity contribution in [3.8, 4) is 0 Å².